The predicted molar refractivity (Wildman–Crippen MR) is 139 cm³/mol. The van der Waals surface area contributed by atoms with E-state index in [9.17, 15) is 24.3 Å². The number of esters is 1. The van der Waals surface area contributed by atoms with Crippen LogP contribution in [0.2, 0.25) is 10.0 Å². The summed E-state index contributed by atoms with van der Waals surface area (Å²) in [6.07, 6.45) is -0.929. The smallest absolute Gasteiger partial charge is 0.412 e. The van der Waals surface area contributed by atoms with Gasteiger partial charge in [0.1, 0.15) is 11.4 Å². The third-order valence-corrected chi connectivity index (χ3v) is 5.03. The summed E-state index contributed by atoms with van der Waals surface area (Å²) < 4.78 is 10.1. The van der Waals surface area contributed by atoms with E-state index in [1.807, 2.05) is 0 Å². The average molecular weight is 554 g/mol. The zero-order valence-corrected chi connectivity index (χ0v) is 22.3. The van der Waals surface area contributed by atoms with Gasteiger partial charge in [0.25, 0.3) is 5.91 Å². The molecule has 0 aliphatic rings. The van der Waals surface area contributed by atoms with Crippen LogP contribution in [0, 0.1) is 0 Å². The van der Waals surface area contributed by atoms with E-state index >= 15 is 0 Å². The van der Waals surface area contributed by atoms with E-state index in [0.717, 1.165) is 0 Å². The van der Waals surface area contributed by atoms with E-state index in [1.54, 1.807) is 39.8 Å². The van der Waals surface area contributed by atoms with Gasteiger partial charge in [-0.2, -0.15) is 0 Å². The number of rotatable bonds is 9. The van der Waals surface area contributed by atoms with E-state index in [4.69, 9.17) is 32.7 Å². The van der Waals surface area contributed by atoms with Crippen molar-refractivity contribution >= 4 is 52.8 Å². The third-order valence-electron chi connectivity index (χ3n) is 4.59. The second-order valence-electron chi connectivity index (χ2n) is 8.87. The number of halogens is 2. The second-order valence-corrected chi connectivity index (χ2v) is 9.75. The van der Waals surface area contributed by atoms with Crippen LogP contribution in [0.4, 0.5) is 10.5 Å². The lowest BCUT2D eigenvalue weighted by Gasteiger charge is -2.20. The highest BCUT2D eigenvalue weighted by Crippen LogP contribution is 2.26. The van der Waals surface area contributed by atoms with Crippen molar-refractivity contribution in [2.75, 3.05) is 18.5 Å². The van der Waals surface area contributed by atoms with Crippen molar-refractivity contribution in [3.05, 3.63) is 57.6 Å². The molecule has 2 rings (SSSR count). The van der Waals surface area contributed by atoms with Gasteiger partial charge in [0, 0.05) is 15.7 Å². The Bertz CT molecular complexity index is 1150. The van der Waals surface area contributed by atoms with Crippen LogP contribution >= 0.6 is 23.2 Å². The molecule has 0 aliphatic heterocycles. The molecule has 2 aromatic carbocycles. The van der Waals surface area contributed by atoms with Crippen molar-refractivity contribution in [2.45, 2.75) is 45.8 Å². The van der Waals surface area contributed by atoms with Gasteiger partial charge in [-0.25, -0.2) is 4.79 Å². The topological polar surface area (TPSA) is 143 Å². The molecule has 12 heteroatoms. The molecule has 3 amide bonds. The summed E-state index contributed by atoms with van der Waals surface area (Å²) in [6, 6.07) is 7.64. The first-order valence-electron chi connectivity index (χ1n) is 11.3. The molecule has 0 bridgehead atoms. The summed E-state index contributed by atoms with van der Waals surface area (Å²) in [6.45, 7) is 6.44. The van der Waals surface area contributed by atoms with Crippen LogP contribution in [-0.2, 0) is 19.1 Å². The molecule has 0 saturated heterocycles. The summed E-state index contributed by atoms with van der Waals surface area (Å²) in [7, 11) is 0. The maximum absolute atomic E-state index is 12.6. The monoisotopic (exact) mass is 553 g/mol. The molecule has 37 heavy (non-hydrogen) atoms. The van der Waals surface area contributed by atoms with E-state index in [1.165, 1.54) is 24.3 Å². The minimum absolute atomic E-state index is 0.164. The van der Waals surface area contributed by atoms with Gasteiger partial charge in [-0.05, 0) is 69.7 Å². The number of phenolic OH excluding ortho intramolecular Hbond substituents is 1. The fraction of sp³-hybridized carbons (Fsp3) is 0.360. The highest BCUT2D eigenvalue weighted by atomic mass is 35.5. The Morgan fingerprint density at radius 3 is 2.27 bits per heavy atom. The van der Waals surface area contributed by atoms with Crippen molar-refractivity contribution in [3.8, 4) is 5.75 Å². The number of phenols is 1. The van der Waals surface area contributed by atoms with E-state index in [2.05, 4.69) is 16.0 Å². The predicted octanol–water partition coefficient (Wildman–Crippen LogP) is 4.59. The molecular weight excluding hydrogens is 525 g/mol. The Morgan fingerprint density at radius 1 is 1.03 bits per heavy atom. The first-order chi connectivity index (χ1) is 17.3. The lowest BCUT2D eigenvalue weighted by atomic mass is 10.0. The van der Waals surface area contributed by atoms with Gasteiger partial charge in [0.2, 0.25) is 5.91 Å². The van der Waals surface area contributed by atoms with Gasteiger partial charge in [0.15, 0.2) is 0 Å². The molecule has 0 radical (unpaired) electrons. The Kier molecular flexibility index (Phi) is 10.6. The summed E-state index contributed by atoms with van der Waals surface area (Å²) in [5, 5.41) is 18.2. The largest absolute Gasteiger partial charge is 0.507 e. The number of aromatic hydroxyl groups is 1. The average Bonchev–Trinajstić information content (AvgIpc) is 2.76. The molecule has 1 atom stereocenters. The number of hydrogen-bond acceptors (Lipinski definition) is 7. The molecule has 200 valence electrons. The minimum atomic E-state index is -0.825. The second kappa shape index (κ2) is 13.2. The van der Waals surface area contributed by atoms with Gasteiger partial charge < -0.3 is 25.2 Å². The van der Waals surface area contributed by atoms with Crippen molar-refractivity contribution < 1.29 is 33.8 Å². The molecule has 0 fully saturated rings. The molecule has 0 saturated carbocycles. The zero-order valence-electron chi connectivity index (χ0n) is 20.8. The maximum atomic E-state index is 12.6. The van der Waals surface area contributed by atoms with Crippen LogP contribution in [0.3, 0.4) is 0 Å². The lowest BCUT2D eigenvalue weighted by molar-refractivity contribution is -0.143. The van der Waals surface area contributed by atoms with Crippen molar-refractivity contribution in [1.82, 2.24) is 10.6 Å². The normalized spacial score (nSPS) is 11.7. The maximum Gasteiger partial charge on any atom is 0.412 e. The number of carbonyl (C=O) groups is 4. The summed E-state index contributed by atoms with van der Waals surface area (Å²) >= 11 is 12.1. The summed E-state index contributed by atoms with van der Waals surface area (Å²) in [4.78, 5) is 49.3. The van der Waals surface area contributed by atoms with Crippen LogP contribution < -0.4 is 16.0 Å². The van der Waals surface area contributed by atoms with E-state index < -0.39 is 42.1 Å². The van der Waals surface area contributed by atoms with Crippen molar-refractivity contribution in [3.63, 3.8) is 0 Å². The summed E-state index contributed by atoms with van der Waals surface area (Å²) in [5.74, 6) is -2.30. The minimum Gasteiger partial charge on any atom is -0.507 e. The highest BCUT2D eigenvalue weighted by molar-refractivity contribution is 6.34. The zero-order chi connectivity index (χ0) is 27.8. The van der Waals surface area contributed by atoms with Gasteiger partial charge in [-0.15, -0.1) is 0 Å². The van der Waals surface area contributed by atoms with Crippen LogP contribution in [0.5, 0.6) is 5.75 Å². The third kappa shape index (κ3) is 10.2. The molecule has 4 N–H and O–H groups in total. The highest BCUT2D eigenvalue weighted by Gasteiger charge is 2.22. The standard InChI is InChI=1S/C25H29Cl2N3O7/c1-5-36-22(33)12-19(14-8-15(26)10-16(27)9-14)30-21(32)13-28-23(34)18-11-17(6-7-20(18)31)29-24(35)37-25(2,3)4/h6-11,19,31H,5,12-13H2,1-4H3,(H,28,34)(H,29,35)(H,30,32). The number of hydrogen-bond donors (Lipinski definition) is 4. The molecule has 1 unspecified atom stereocenters. The molecule has 0 heterocycles. The van der Waals surface area contributed by atoms with Crippen LogP contribution in [0.15, 0.2) is 36.4 Å². The lowest BCUT2D eigenvalue weighted by Crippen LogP contribution is -2.39. The van der Waals surface area contributed by atoms with Gasteiger partial charge in [0.05, 0.1) is 31.2 Å². The SMILES string of the molecule is CCOC(=O)CC(NC(=O)CNC(=O)c1cc(NC(=O)OC(C)(C)C)ccc1O)c1cc(Cl)cc(Cl)c1. The Morgan fingerprint density at radius 2 is 1.68 bits per heavy atom. The van der Waals surface area contributed by atoms with Crippen molar-refractivity contribution in [1.29, 1.82) is 0 Å². The van der Waals surface area contributed by atoms with E-state index in [-0.39, 0.29) is 30.0 Å². The van der Waals surface area contributed by atoms with Crippen LogP contribution in [0.1, 0.15) is 56.1 Å². The first kappa shape index (κ1) is 29.7. The fourth-order valence-corrected chi connectivity index (χ4v) is 3.68. The number of benzene rings is 2. The molecule has 10 nitrogen and oxygen atoms in total. The number of amides is 3. The Balaban J connectivity index is 2.08. The van der Waals surface area contributed by atoms with Crippen LogP contribution in [0.25, 0.3) is 0 Å². The molecular formula is C25H29Cl2N3O7. The molecule has 2 aromatic rings. The van der Waals surface area contributed by atoms with Crippen molar-refractivity contribution in [2.24, 2.45) is 0 Å². The Labute approximate surface area is 224 Å². The molecule has 0 spiro atoms. The number of nitrogens with one attached hydrogen (secondary N) is 3. The summed E-state index contributed by atoms with van der Waals surface area (Å²) in [5.41, 5.74) is -0.223. The number of ether oxygens (including phenoxy) is 2. The molecule has 0 aromatic heterocycles. The Hall–Kier alpha value is -3.50. The fourth-order valence-electron chi connectivity index (χ4n) is 3.13. The number of anilines is 1. The number of carbonyl (C=O) groups excluding carboxylic acids is 4. The van der Waals surface area contributed by atoms with Gasteiger partial charge in [-0.1, -0.05) is 23.2 Å². The quantitative estimate of drug-likeness (QED) is 0.262. The van der Waals surface area contributed by atoms with E-state index in [0.29, 0.717) is 15.6 Å². The first-order valence-corrected chi connectivity index (χ1v) is 12.0. The van der Waals surface area contributed by atoms with Gasteiger partial charge in [-0.3, -0.25) is 19.7 Å². The molecule has 0 aliphatic carbocycles. The van der Waals surface area contributed by atoms with Gasteiger partial charge >= 0.3 is 12.1 Å². The van der Waals surface area contributed by atoms with Crippen LogP contribution in [-0.4, -0.2) is 47.7 Å².